The Balaban J connectivity index is 1.54. The van der Waals surface area contributed by atoms with Crippen molar-refractivity contribution in [3.8, 4) is 11.5 Å². The first-order chi connectivity index (χ1) is 10.7. The van der Waals surface area contributed by atoms with Crippen molar-refractivity contribution in [2.24, 2.45) is 23.7 Å². The van der Waals surface area contributed by atoms with Crippen molar-refractivity contribution >= 4 is 17.5 Å². The minimum Gasteiger partial charge on any atom is -0.486 e. The van der Waals surface area contributed by atoms with Gasteiger partial charge in [0.05, 0.1) is 17.5 Å². The van der Waals surface area contributed by atoms with Gasteiger partial charge in [-0.05, 0) is 30.4 Å². The first-order valence-corrected chi connectivity index (χ1v) is 7.70. The highest BCUT2D eigenvalue weighted by atomic mass is 16.6. The summed E-state index contributed by atoms with van der Waals surface area (Å²) in [7, 11) is 0. The second-order valence-corrected chi connectivity index (χ2v) is 6.34. The number of hydrogen-bond acceptors (Lipinski definition) is 4. The summed E-state index contributed by atoms with van der Waals surface area (Å²) in [5.41, 5.74) is 0.591. The van der Waals surface area contributed by atoms with Crippen LogP contribution in [0.4, 0.5) is 5.69 Å². The largest absolute Gasteiger partial charge is 0.486 e. The van der Waals surface area contributed by atoms with E-state index in [2.05, 4.69) is 12.2 Å². The molecular weight excluding hydrogens is 282 g/mol. The molecule has 0 N–H and O–H groups in total. The first-order valence-electron chi connectivity index (χ1n) is 7.70. The number of carbonyl (C=O) groups excluding carboxylic acids is 2. The smallest absolute Gasteiger partial charge is 0.238 e. The Kier molecular flexibility index (Phi) is 2.30. The van der Waals surface area contributed by atoms with E-state index in [4.69, 9.17) is 9.47 Å². The maximum Gasteiger partial charge on any atom is 0.238 e. The Morgan fingerprint density at radius 1 is 0.909 bits per heavy atom. The molecule has 0 unspecified atom stereocenters. The van der Waals surface area contributed by atoms with Gasteiger partial charge < -0.3 is 9.47 Å². The van der Waals surface area contributed by atoms with Gasteiger partial charge in [-0.2, -0.15) is 0 Å². The summed E-state index contributed by atoms with van der Waals surface area (Å²) in [5.74, 6) is 1.25. The fourth-order valence-corrected chi connectivity index (χ4v) is 4.33. The number of benzene rings is 1. The summed E-state index contributed by atoms with van der Waals surface area (Å²) in [6.45, 7) is 1.00. The predicted molar refractivity (Wildman–Crippen MR) is 77.6 cm³/mol. The van der Waals surface area contributed by atoms with Gasteiger partial charge in [-0.1, -0.05) is 12.2 Å². The molecular formula is C17H15NO4. The highest BCUT2D eigenvalue weighted by Crippen LogP contribution is 2.53. The molecule has 5 heteroatoms. The van der Waals surface area contributed by atoms with Crippen LogP contribution in [0.25, 0.3) is 0 Å². The van der Waals surface area contributed by atoms with Crippen molar-refractivity contribution in [1.29, 1.82) is 0 Å². The number of carbonyl (C=O) groups is 2. The standard InChI is InChI=1S/C17H15NO4/c19-16-14-9-1-2-10(7-9)15(14)17(20)18(16)11-3-4-12-13(8-11)22-6-5-21-12/h1-4,8-10,14-15H,5-7H2/t9-,10+,14-,15-/m0/s1. The summed E-state index contributed by atoms with van der Waals surface area (Å²) in [6.07, 6.45) is 5.15. The van der Waals surface area contributed by atoms with E-state index in [1.54, 1.807) is 18.2 Å². The number of imide groups is 1. The maximum absolute atomic E-state index is 12.8. The SMILES string of the molecule is O=C1[C@@H]2[C@@H](C(=O)N1c1ccc3c(c1)OCCO3)[C@H]1C=C[C@@H]2C1. The lowest BCUT2D eigenvalue weighted by molar-refractivity contribution is -0.123. The molecule has 22 heavy (non-hydrogen) atoms. The monoisotopic (exact) mass is 297 g/mol. The van der Waals surface area contributed by atoms with Crippen molar-refractivity contribution in [3.05, 3.63) is 30.4 Å². The van der Waals surface area contributed by atoms with E-state index in [0.29, 0.717) is 30.4 Å². The predicted octanol–water partition coefficient (Wildman–Crippen LogP) is 1.77. The molecule has 5 nitrogen and oxygen atoms in total. The molecule has 4 atom stereocenters. The van der Waals surface area contributed by atoms with E-state index in [1.807, 2.05) is 0 Å². The Morgan fingerprint density at radius 3 is 2.23 bits per heavy atom. The maximum atomic E-state index is 12.8. The van der Waals surface area contributed by atoms with Gasteiger partial charge in [0, 0.05) is 6.07 Å². The zero-order chi connectivity index (χ0) is 14.8. The van der Waals surface area contributed by atoms with Crippen LogP contribution in [0.15, 0.2) is 30.4 Å². The van der Waals surface area contributed by atoms with Crippen LogP contribution in [0, 0.1) is 23.7 Å². The van der Waals surface area contributed by atoms with Gasteiger partial charge in [0.2, 0.25) is 11.8 Å². The van der Waals surface area contributed by atoms with Gasteiger partial charge in [-0.15, -0.1) is 0 Å². The van der Waals surface area contributed by atoms with Crippen molar-refractivity contribution in [2.75, 3.05) is 18.1 Å². The zero-order valence-corrected chi connectivity index (χ0v) is 11.9. The number of hydrogen-bond donors (Lipinski definition) is 0. The van der Waals surface area contributed by atoms with E-state index in [9.17, 15) is 9.59 Å². The third-order valence-corrected chi connectivity index (χ3v) is 5.25. The molecule has 1 aromatic carbocycles. The van der Waals surface area contributed by atoms with E-state index in [1.165, 1.54) is 4.90 Å². The Hall–Kier alpha value is -2.30. The number of fused-ring (bicyclic) bond motifs is 6. The molecule has 2 heterocycles. The minimum atomic E-state index is -0.171. The molecule has 5 rings (SSSR count). The lowest BCUT2D eigenvalue weighted by atomic mass is 9.85. The molecule has 1 aromatic rings. The van der Waals surface area contributed by atoms with Crippen molar-refractivity contribution in [2.45, 2.75) is 6.42 Å². The third kappa shape index (κ3) is 1.43. The second kappa shape index (κ2) is 4.12. The fraction of sp³-hybridized carbons (Fsp3) is 0.412. The summed E-state index contributed by atoms with van der Waals surface area (Å²) < 4.78 is 11.0. The van der Waals surface area contributed by atoms with E-state index < -0.39 is 0 Å². The average Bonchev–Trinajstić information content (AvgIpc) is 3.21. The van der Waals surface area contributed by atoms with Gasteiger partial charge in [0.25, 0.3) is 0 Å². The summed E-state index contributed by atoms with van der Waals surface area (Å²) >= 11 is 0. The Morgan fingerprint density at radius 2 is 1.55 bits per heavy atom. The molecule has 0 aromatic heterocycles. The van der Waals surface area contributed by atoms with Crippen molar-refractivity contribution < 1.29 is 19.1 Å². The molecule has 4 aliphatic rings. The molecule has 0 spiro atoms. The summed E-state index contributed by atoms with van der Waals surface area (Å²) in [5, 5.41) is 0. The molecule has 112 valence electrons. The Bertz CT molecular complexity index is 695. The number of rotatable bonds is 1. The average molecular weight is 297 g/mol. The van der Waals surface area contributed by atoms with Crippen LogP contribution in [0.2, 0.25) is 0 Å². The number of anilines is 1. The zero-order valence-electron chi connectivity index (χ0n) is 11.9. The van der Waals surface area contributed by atoms with E-state index in [0.717, 1.165) is 6.42 Å². The molecule has 2 bridgehead atoms. The van der Waals surface area contributed by atoms with Crippen LogP contribution in [0.5, 0.6) is 11.5 Å². The molecule has 0 radical (unpaired) electrons. The molecule has 2 amide bonds. The van der Waals surface area contributed by atoms with Gasteiger partial charge in [0.15, 0.2) is 11.5 Å². The number of nitrogens with zero attached hydrogens (tertiary/aromatic N) is 1. The van der Waals surface area contributed by atoms with E-state index in [-0.39, 0.29) is 35.5 Å². The molecule has 2 aliphatic heterocycles. The number of amides is 2. The fourth-order valence-electron chi connectivity index (χ4n) is 4.33. The van der Waals surface area contributed by atoms with Crippen LogP contribution < -0.4 is 14.4 Å². The Labute approximate surface area is 127 Å². The molecule has 2 fully saturated rings. The van der Waals surface area contributed by atoms with Gasteiger partial charge in [-0.3, -0.25) is 9.59 Å². The van der Waals surface area contributed by atoms with Gasteiger partial charge in [-0.25, -0.2) is 4.90 Å². The summed E-state index contributed by atoms with van der Waals surface area (Å²) in [4.78, 5) is 26.9. The van der Waals surface area contributed by atoms with E-state index >= 15 is 0 Å². The van der Waals surface area contributed by atoms with Crippen LogP contribution in [-0.4, -0.2) is 25.0 Å². The lowest BCUT2D eigenvalue weighted by Gasteiger charge is -2.22. The topological polar surface area (TPSA) is 55.8 Å². The van der Waals surface area contributed by atoms with Crippen molar-refractivity contribution in [3.63, 3.8) is 0 Å². The highest BCUT2D eigenvalue weighted by molar-refractivity contribution is 6.22. The third-order valence-electron chi connectivity index (χ3n) is 5.25. The highest BCUT2D eigenvalue weighted by Gasteiger charge is 2.59. The van der Waals surface area contributed by atoms with Crippen molar-refractivity contribution in [1.82, 2.24) is 0 Å². The molecule has 1 saturated carbocycles. The van der Waals surface area contributed by atoms with Crippen LogP contribution >= 0.6 is 0 Å². The molecule has 2 aliphatic carbocycles. The first kappa shape index (κ1) is 12.3. The van der Waals surface area contributed by atoms with Gasteiger partial charge >= 0.3 is 0 Å². The summed E-state index contributed by atoms with van der Waals surface area (Å²) in [6, 6.07) is 5.27. The van der Waals surface area contributed by atoms with Crippen LogP contribution in [0.3, 0.4) is 0 Å². The number of ether oxygens (including phenoxy) is 2. The van der Waals surface area contributed by atoms with Gasteiger partial charge in [0.1, 0.15) is 13.2 Å². The normalized spacial score (nSPS) is 34.5. The van der Waals surface area contributed by atoms with Crippen LogP contribution in [0.1, 0.15) is 6.42 Å². The molecule has 1 saturated heterocycles. The lowest BCUT2D eigenvalue weighted by Crippen LogP contribution is -2.33. The number of allylic oxidation sites excluding steroid dienone is 2. The minimum absolute atomic E-state index is 0.0662. The quantitative estimate of drug-likeness (QED) is 0.585. The second-order valence-electron chi connectivity index (χ2n) is 6.34. The van der Waals surface area contributed by atoms with Crippen LogP contribution in [-0.2, 0) is 9.59 Å².